The van der Waals surface area contributed by atoms with Gasteiger partial charge in [0.1, 0.15) is 5.66 Å². The van der Waals surface area contributed by atoms with Gasteiger partial charge >= 0.3 is 7.60 Å². The van der Waals surface area contributed by atoms with Crippen LogP contribution in [0.3, 0.4) is 0 Å². The zero-order chi connectivity index (χ0) is 21.5. The first-order valence-electron chi connectivity index (χ1n) is 8.97. The van der Waals surface area contributed by atoms with Gasteiger partial charge in [-0.25, -0.2) is 4.83 Å². The maximum atomic E-state index is 13.3. The third-order valence-electron chi connectivity index (χ3n) is 3.89. The van der Waals surface area contributed by atoms with E-state index in [1.54, 1.807) is 50.2 Å². The lowest BCUT2D eigenvalue weighted by Crippen LogP contribution is -2.19. The highest BCUT2D eigenvalue weighted by Crippen LogP contribution is 2.60. The van der Waals surface area contributed by atoms with Gasteiger partial charge in [0.25, 0.3) is 10.0 Å². The Morgan fingerprint density at radius 3 is 2.14 bits per heavy atom. The Kier molecular flexibility index (Phi) is 8.60. The zero-order valence-corrected chi connectivity index (χ0v) is 19.7. The molecule has 0 saturated heterocycles. The van der Waals surface area contributed by atoms with Crippen molar-refractivity contribution in [1.82, 2.24) is 4.83 Å². The molecule has 1 unspecified atom stereocenters. The van der Waals surface area contributed by atoms with Crippen molar-refractivity contribution in [2.75, 3.05) is 13.2 Å². The molecule has 0 heterocycles. The van der Waals surface area contributed by atoms with E-state index >= 15 is 0 Å². The van der Waals surface area contributed by atoms with Crippen molar-refractivity contribution in [3.63, 3.8) is 0 Å². The average molecular weight is 503 g/mol. The molecule has 1 N–H and O–H groups in total. The van der Waals surface area contributed by atoms with Crippen molar-refractivity contribution < 1.29 is 22.0 Å². The molecule has 10 heteroatoms. The van der Waals surface area contributed by atoms with E-state index in [4.69, 9.17) is 9.05 Å². The number of hydrogen-bond acceptors (Lipinski definition) is 6. The fraction of sp³-hybridized carbons (Fsp3) is 0.316. The normalized spacial score (nSPS) is 13.5. The molecule has 2 rings (SSSR count). The number of sulfonamides is 1. The second kappa shape index (κ2) is 10.5. The predicted molar refractivity (Wildman–Crippen MR) is 118 cm³/mol. The summed E-state index contributed by atoms with van der Waals surface area (Å²) in [4.78, 5) is 2.24. The van der Waals surface area contributed by atoms with Crippen LogP contribution < -0.4 is 4.83 Å². The van der Waals surface area contributed by atoms with Crippen molar-refractivity contribution in [3.05, 3.63) is 64.1 Å². The van der Waals surface area contributed by atoms with Gasteiger partial charge in [-0.05, 0) is 50.6 Å². The van der Waals surface area contributed by atoms with E-state index in [0.717, 1.165) is 10.0 Å². The summed E-state index contributed by atoms with van der Waals surface area (Å²) in [5.74, 6) is 0. The first-order chi connectivity index (χ1) is 13.7. The molecule has 7 nitrogen and oxygen atoms in total. The van der Waals surface area contributed by atoms with Crippen LogP contribution in [0.2, 0.25) is 0 Å². The van der Waals surface area contributed by atoms with Crippen molar-refractivity contribution in [3.8, 4) is 0 Å². The smallest absolute Gasteiger partial charge is 0.308 e. The van der Waals surface area contributed by atoms with Crippen molar-refractivity contribution >= 4 is 39.8 Å². The van der Waals surface area contributed by atoms with E-state index in [0.29, 0.717) is 5.56 Å². The Labute approximate surface area is 180 Å². The topological polar surface area (TPSA) is 94.1 Å². The van der Waals surface area contributed by atoms with E-state index in [2.05, 4.69) is 25.9 Å². The lowest BCUT2D eigenvalue weighted by Gasteiger charge is -2.24. The summed E-state index contributed by atoms with van der Waals surface area (Å²) in [5.41, 5.74) is 0.685. The summed E-state index contributed by atoms with van der Waals surface area (Å²) < 4.78 is 50.0. The summed E-state index contributed by atoms with van der Waals surface area (Å²) in [7, 11) is -7.48. The van der Waals surface area contributed by atoms with E-state index in [-0.39, 0.29) is 18.1 Å². The van der Waals surface area contributed by atoms with Crippen LogP contribution in [0, 0.1) is 6.92 Å². The SMILES string of the molecule is CCOP(=O)(OCC)C(/C=N\NS(=O)(=O)c1ccc(C)cc1)c1ccc(Br)cc1. The van der Waals surface area contributed by atoms with Gasteiger partial charge in [-0.1, -0.05) is 45.8 Å². The first kappa shape index (κ1) is 23.8. The van der Waals surface area contributed by atoms with Crippen LogP contribution >= 0.6 is 23.5 Å². The molecule has 0 bridgehead atoms. The molecule has 0 saturated carbocycles. The second-order valence-electron chi connectivity index (χ2n) is 6.06. The number of aryl methyl sites for hydroxylation is 1. The van der Waals surface area contributed by atoms with Crippen LogP contribution in [0.15, 0.2) is 63.0 Å². The first-order valence-corrected chi connectivity index (χ1v) is 12.9. The Morgan fingerprint density at radius 1 is 1.07 bits per heavy atom. The molecule has 0 amide bonds. The minimum Gasteiger partial charge on any atom is -0.308 e. The van der Waals surface area contributed by atoms with Crippen LogP contribution in [-0.2, 0) is 23.6 Å². The third-order valence-corrected chi connectivity index (χ3v) is 8.01. The molecular weight excluding hydrogens is 479 g/mol. The van der Waals surface area contributed by atoms with Gasteiger partial charge in [0.2, 0.25) is 0 Å². The number of halogens is 1. The van der Waals surface area contributed by atoms with Crippen LogP contribution in [0.1, 0.15) is 30.6 Å². The summed E-state index contributed by atoms with van der Waals surface area (Å²) in [6, 6.07) is 13.4. The largest absolute Gasteiger partial charge is 0.343 e. The molecular formula is C19H24BrN2O5PS. The predicted octanol–water partition coefficient (Wildman–Crippen LogP) is 5.03. The number of nitrogens with one attached hydrogen (secondary N) is 1. The lowest BCUT2D eigenvalue weighted by molar-refractivity contribution is 0.217. The second-order valence-corrected chi connectivity index (χ2v) is 10.8. The van der Waals surface area contributed by atoms with Gasteiger partial charge in [-0.3, -0.25) is 4.57 Å². The molecule has 0 aliphatic carbocycles. The third kappa shape index (κ3) is 6.49. The summed E-state index contributed by atoms with van der Waals surface area (Å²) in [5, 5.41) is 3.86. The van der Waals surface area contributed by atoms with Crippen LogP contribution in [0.4, 0.5) is 0 Å². The van der Waals surface area contributed by atoms with Crippen LogP contribution in [0.25, 0.3) is 0 Å². The van der Waals surface area contributed by atoms with Crippen LogP contribution in [-0.4, -0.2) is 27.8 Å². The van der Waals surface area contributed by atoms with Crippen molar-refractivity contribution in [1.29, 1.82) is 0 Å². The minimum absolute atomic E-state index is 0.0817. The highest BCUT2D eigenvalue weighted by atomic mass is 79.9. The van der Waals surface area contributed by atoms with E-state index in [9.17, 15) is 13.0 Å². The highest BCUT2D eigenvalue weighted by Gasteiger charge is 2.36. The number of nitrogens with zero attached hydrogens (tertiary/aromatic N) is 1. The van der Waals surface area contributed by atoms with Gasteiger partial charge in [-0.2, -0.15) is 13.5 Å². The molecule has 2 aromatic carbocycles. The maximum Gasteiger partial charge on any atom is 0.343 e. The summed E-state index contributed by atoms with van der Waals surface area (Å²) >= 11 is 3.36. The van der Waals surface area contributed by atoms with Crippen molar-refractivity contribution in [2.45, 2.75) is 31.3 Å². The standard InChI is InChI=1S/C19H24BrN2O5PS/c1-4-26-28(23,27-5-2)19(16-8-10-17(20)11-9-16)14-21-22-29(24,25)18-12-6-15(3)7-13-18/h6-14,19,22H,4-5H2,1-3H3/b21-14-. The lowest BCUT2D eigenvalue weighted by atomic mass is 10.2. The molecule has 158 valence electrons. The molecule has 0 radical (unpaired) electrons. The summed E-state index contributed by atoms with van der Waals surface area (Å²) in [6.45, 7) is 5.63. The minimum atomic E-state index is -3.86. The average Bonchev–Trinajstić information content (AvgIpc) is 2.67. The molecule has 0 aromatic heterocycles. The van der Waals surface area contributed by atoms with E-state index < -0.39 is 23.3 Å². The fourth-order valence-corrected chi connectivity index (χ4v) is 5.46. The van der Waals surface area contributed by atoms with Crippen LogP contribution in [0.5, 0.6) is 0 Å². The number of benzene rings is 2. The molecule has 2 aromatic rings. The van der Waals surface area contributed by atoms with Gasteiger partial charge in [0.15, 0.2) is 0 Å². The number of rotatable bonds is 10. The molecule has 1 atom stereocenters. The quantitative estimate of drug-likeness (QED) is 0.279. The van der Waals surface area contributed by atoms with Crippen molar-refractivity contribution in [2.24, 2.45) is 5.10 Å². The molecule has 0 fully saturated rings. The number of hydrazone groups is 1. The molecule has 29 heavy (non-hydrogen) atoms. The van der Waals surface area contributed by atoms with E-state index in [1.165, 1.54) is 18.3 Å². The molecule has 0 aliphatic heterocycles. The van der Waals surface area contributed by atoms with Gasteiger partial charge < -0.3 is 9.05 Å². The maximum absolute atomic E-state index is 13.3. The van der Waals surface area contributed by atoms with Gasteiger partial charge in [0.05, 0.1) is 18.1 Å². The Bertz CT molecular complexity index is 969. The molecule has 0 spiro atoms. The van der Waals surface area contributed by atoms with E-state index in [1.807, 2.05) is 6.92 Å². The van der Waals surface area contributed by atoms with Gasteiger partial charge in [0, 0.05) is 10.7 Å². The molecule has 0 aliphatic rings. The monoisotopic (exact) mass is 502 g/mol. The highest BCUT2D eigenvalue weighted by molar-refractivity contribution is 9.10. The Morgan fingerprint density at radius 2 is 1.62 bits per heavy atom. The summed E-state index contributed by atoms with van der Waals surface area (Å²) in [6.07, 6.45) is 1.25. The Hall–Kier alpha value is -1.51. The Balaban J connectivity index is 2.34. The number of hydrogen-bond donors (Lipinski definition) is 1. The van der Waals surface area contributed by atoms with Gasteiger partial charge in [-0.15, -0.1) is 0 Å². The zero-order valence-electron chi connectivity index (χ0n) is 16.4. The fourth-order valence-electron chi connectivity index (χ4n) is 2.51.